The van der Waals surface area contributed by atoms with Crippen LogP contribution in [-0.2, 0) is 4.79 Å². The minimum atomic E-state index is -0.419. The van der Waals surface area contributed by atoms with E-state index in [0.717, 1.165) is 25.7 Å². The maximum absolute atomic E-state index is 12.6. The van der Waals surface area contributed by atoms with E-state index in [1.165, 1.54) is 39.0 Å². The number of carbonyl (C=O) groups excluding carboxylic acids is 2. The van der Waals surface area contributed by atoms with Crippen molar-refractivity contribution >= 4 is 11.9 Å². The van der Waals surface area contributed by atoms with Gasteiger partial charge in [-0.05, 0) is 25.0 Å². The van der Waals surface area contributed by atoms with E-state index in [0.29, 0.717) is 11.3 Å². The summed E-state index contributed by atoms with van der Waals surface area (Å²) >= 11 is 0. The molecular weight excluding hydrogens is 314 g/mol. The Morgan fingerprint density at radius 3 is 2.32 bits per heavy atom. The first kappa shape index (κ1) is 21.2. The molecule has 0 heterocycles. The summed E-state index contributed by atoms with van der Waals surface area (Å²) in [7, 11) is 0. The Morgan fingerprint density at radius 2 is 1.64 bits per heavy atom. The van der Waals surface area contributed by atoms with Crippen LogP contribution in [0.15, 0.2) is 24.3 Å². The summed E-state index contributed by atoms with van der Waals surface area (Å²) < 4.78 is 5.14. The molecule has 1 aromatic rings. The molecule has 0 aliphatic carbocycles. The van der Waals surface area contributed by atoms with Crippen LogP contribution in [0.25, 0.3) is 0 Å². The summed E-state index contributed by atoms with van der Waals surface area (Å²) in [4.78, 5) is 23.8. The zero-order chi connectivity index (χ0) is 18.5. The van der Waals surface area contributed by atoms with Gasteiger partial charge in [0, 0.05) is 13.0 Å². The zero-order valence-electron chi connectivity index (χ0n) is 16.0. The van der Waals surface area contributed by atoms with E-state index in [4.69, 9.17) is 4.74 Å². The van der Waals surface area contributed by atoms with E-state index in [9.17, 15) is 9.59 Å². The van der Waals surface area contributed by atoms with Gasteiger partial charge >= 0.3 is 5.97 Å². The van der Waals surface area contributed by atoms with Crippen LogP contribution in [0.4, 0.5) is 0 Å². The van der Waals surface area contributed by atoms with Crippen LogP contribution < -0.4 is 10.1 Å². The smallest absolute Gasteiger partial charge is 0.308 e. The molecule has 0 fully saturated rings. The highest BCUT2D eigenvalue weighted by Gasteiger charge is 2.17. The standard InChI is InChI=1S/C21H33NO3/c1-4-6-7-8-9-10-14-18(13-5-2)22-21(24)19-15-11-12-16-20(19)25-17(3)23/h11-12,15-16,18H,4-10,13-14H2,1-3H3,(H,22,24). The van der Waals surface area contributed by atoms with Crippen LogP contribution in [-0.4, -0.2) is 17.9 Å². The molecule has 1 N–H and O–H groups in total. The number of hydrogen-bond donors (Lipinski definition) is 1. The second-order valence-electron chi connectivity index (χ2n) is 6.61. The molecular formula is C21H33NO3. The van der Waals surface area contributed by atoms with Crippen LogP contribution in [0.1, 0.15) is 88.9 Å². The lowest BCUT2D eigenvalue weighted by atomic mass is 10.0. The van der Waals surface area contributed by atoms with Crippen molar-refractivity contribution < 1.29 is 14.3 Å². The number of esters is 1. The second kappa shape index (κ2) is 12.5. The number of benzene rings is 1. The van der Waals surface area contributed by atoms with Gasteiger partial charge in [0.1, 0.15) is 5.75 Å². The molecule has 0 aromatic heterocycles. The van der Waals surface area contributed by atoms with Gasteiger partial charge in [-0.1, -0.05) is 70.9 Å². The number of amides is 1. The van der Waals surface area contributed by atoms with Gasteiger partial charge in [-0.15, -0.1) is 0 Å². The van der Waals surface area contributed by atoms with Crippen LogP contribution >= 0.6 is 0 Å². The molecule has 1 atom stereocenters. The number of nitrogens with one attached hydrogen (secondary N) is 1. The quantitative estimate of drug-likeness (QED) is 0.319. The van der Waals surface area contributed by atoms with Crippen molar-refractivity contribution in [1.82, 2.24) is 5.32 Å². The molecule has 0 radical (unpaired) electrons. The molecule has 25 heavy (non-hydrogen) atoms. The first-order chi connectivity index (χ1) is 12.1. The van der Waals surface area contributed by atoms with Crippen LogP contribution in [0.5, 0.6) is 5.75 Å². The minimum absolute atomic E-state index is 0.165. The fourth-order valence-corrected chi connectivity index (χ4v) is 2.97. The molecule has 1 rings (SSSR count). The molecule has 4 nitrogen and oxygen atoms in total. The molecule has 0 aliphatic heterocycles. The van der Waals surface area contributed by atoms with E-state index in [1.54, 1.807) is 24.3 Å². The monoisotopic (exact) mass is 347 g/mol. The van der Waals surface area contributed by atoms with E-state index in [-0.39, 0.29) is 11.9 Å². The van der Waals surface area contributed by atoms with Crippen molar-refractivity contribution in [3.63, 3.8) is 0 Å². The molecule has 1 aromatic carbocycles. The normalized spacial score (nSPS) is 11.8. The maximum Gasteiger partial charge on any atom is 0.308 e. The van der Waals surface area contributed by atoms with E-state index < -0.39 is 5.97 Å². The van der Waals surface area contributed by atoms with Crippen molar-refractivity contribution in [2.45, 2.75) is 84.6 Å². The Hall–Kier alpha value is -1.84. The maximum atomic E-state index is 12.6. The summed E-state index contributed by atoms with van der Waals surface area (Å²) in [6.45, 7) is 5.70. The molecule has 140 valence electrons. The van der Waals surface area contributed by atoms with Crippen molar-refractivity contribution in [2.24, 2.45) is 0 Å². The SMILES string of the molecule is CCCCCCCCC(CCC)NC(=O)c1ccccc1OC(C)=O. The van der Waals surface area contributed by atoms with Gasteiger partial charge < -0.3 is 10.1 Å². The van der Waals surface area contributed by atoms with Gasteiger partial charge in [-0.3, -0.25) is 9.59 Å². The zero-order valence-corrected chi connectivity index (χ0v) is 16.0. The largest absolute Gasteiger partial charge is 0.426 e. The average Bonchev–Trinajstić information content (AvgIpc) is 2.58. The highest BCUT2D eigenvalue weighted by molar-refractivity contribution is 5.97. The second-order valence-corrected chi connectivity index (χ2v) is 6.61. The third kappa shape index (κ3) is 8.71. The third-order valence-corrected chi connectivity index (χ3v) is 4.26. The van der Waals surface area contributed by atoms with Crippen molar-refractivity contribution in [3.05, 3.63) is 29.8 Å². The van der Waals surface area contributed by atoms with E-state index in [1.807, 2.05) is 0 Å². The molecule has 0 aliphatic rings. The lowest BCUT2D eigenvalue weighted by Crippen LogP contribution is -2.35. The van der Waals surface area contributed by atoms with Gasteiger partial charge in [-0.25, -0.2) is 0 Å². The number of unbranched alkanes of at least 4 members (excludes halogenated alkanes) is 5. The summed E-state index contributed by atoms with van der Waals surface area (Å²) in [6, 6.07) is 7.06. The number of hydrogen-bond acceptors (Lipinski definition) is 3. The molecule has 1 unspecified atom stereocenters. The minimum Gasteiger partial charge on any atom is -0.426 e. The highest BCUT2D eigenvalue weighted by Crippen LogP contribution is 2.19. The van der Waals surface area contributed by atoms with Gasteiger partial charge in [0.25, 0.3) is 5.91 Å². The number of carbonyl (C=O) groups is 2. The fourth-order valence-electron chi connectivity index (χ4n) is 2.97. The lowest BCUT2D eigenvalue weighted by molar-refractivity contribution is -0.131. The van der Waals surface area contributed by atoms with Crippen LogP contribution in [0.3, 0.4) is 0 Å². The molecule has 1 amide bonds. The molecule has 0 saturated heterocycles. The van der Waals surface area contributed by atoms with Crippen LogP contribution in [0.2, 0.25) is 0 Å². The van der Waals surface area contributed by atoms with Crippen molar-refractivity contribution in [1.29, 1.82) is 0 Å². The molecule has 4 heteroatoms. The van der Waals surface area contributed by atoms with Gasteiger partial charge in [0.2, 0.25) is 0 Å². The van der Waals surface area contributed by atoms with Gasteiger partial charge in [0.05, 0.1) is 5.56 Å². The summed E-state index contributed by atoms with van der Waals surface area (Å²) in [5.41, 5.74) is 0.418. The Bertz CT molecular complexity index is 528. The first-order valence-electron chi connectivity index (χ1n) is 9.66. The summed E-state index contributed by atoms with van der Waals surface area (Å²) in [5.74, 6) is -0.263. The van der Waals surface area contributed by atoms with E-state index >= 15 is 0 Å². The topological polar surface area (TPSA) is 55.4 Å². The summed E-state index contributed by atoms with van der Waals surface area (Å²) in [5, 5.41) is 3.12. The van der Waals surface area contributed by atoms with Crippen LogP contribution in [0, 0.1) is 0 Å². The number of ether oxygens (including phenoxy) is 1. The predicted molar refractivity (Wildman–Crippen MR) is 102 cm³/mol. The Labute approximate surface area is 152 Å². The molecule has 0 saturated carbocycles. The Kier molecular flexibility index (Phi) is 10.6. The van der Waals surface area contributed by atoms with Gasteiger partial charge in [-0.2, -0.15) is 0 Å². The number of rotatable bonds is 12. The highest BCUT2D eigenvalue weighted by atomic mass is 16.5. The molecule has 0 spiro atoms. The average molecular weight is 347 g/mol. The molecule has 0 bridgehead atoms. The Balaban J connectivity index is 2.56. The van der Waals surface area contributed by atoms with E-state index in [2.05, 4.69) is 19.2 Å². The first-order valence-corrected chi connectivity index (χ1v) is 9.66. The third-order valence-electron chi connectivity index (χ3n) is 4.26. The van der Waals surface area contributed by atoms with Gasteiger partial charge in [0.15, 0.2) is 0 Å². The predicted octanol–water partition coefficient (Wildman–Crippen LogP) is 5.26. The lowest BCUT2D eigenvalue weighted by Gasteiger charge is -2.19. The fraction of sp³-hybridized carbons (Fsp3) is 0.619. The summed E-state index contributed by atoms with van der Waals surface area (Å²) in [6.07, 6.45) is 10.5. The van der Waals surface area contributed by atoms with Crippen molar-refractivity contribution in [2.75, 3.05) is 0 Å². The number of para-hydroxylation sites is 1. The van der Waals surface area contributed by atoms with Crippen molar-refractivity contribution in [3.8, 4) is 5.75 Å². The Morgan fingerprint density at radius 1 is 0.960 bits per heavy atom.